The number of hydrogen-bond donors (Lipinski definition) is 1. The Morgan fingerprint density at radius 2 is 1.85 bits per heavy atom. The van der Waals surface area contributed by atoms with Crippen LogP contribution in [0.4, 0.5) is 4.39 Å². The van der Waals surface area contributed by atoms with Crippen LogP contribution in [0.5, 0.6) is 0 Å². The molecule has 0 aromatic heterocycles. The zero-order chi connectivity index (χ0) is 13.6. The minimum absolute atomic E-state index is 0. The van der Waals surface area contributed by atoms with E-state index in [1.165, 1.54) is 10.4 Å². The molecule has 2 saturated heterocycles. The summed E-state index contributed by atoms with van der Waals surface area (Å²) in [6.07, 6.45) is 0. The molecule has 2 atom stereocenters. The van der Waals surface area contributed by atoms with Crippen LogP contribution in [0.2, 0.25) is 5.02 Å². The van der Waals surface area contributed by atoms with Gasteiger partial charge in [0.15, 0.2) is 0 Å². The van der Waals surface area contributed by atoms with Crippen LogP contribution in [0.15, 0.2) is 23.1 Å². The third kappa shape index (κ3) is 2.67. The van der Waals surface area contributed by atoms with Gasteiger partial charge in [-0.25, -0.2) is 12.8 Å². The van der Waals surface area contributed by atoms with Gasteiger partial charge in [0.25, 0.3) is 0 Å². The topological polar surface area (TPSA) is 49.4 Å². The van der Waals surface area contributed by atoms with Crippen LogP contribution < -0.4 is 5.32 Å². The normalized spacial score (nSPS) is 26.3. The van der Waals surface area contributed by atoms with Crippen molar-refractivity contribution in [3.8, 4) is 0 Å². The van der Waals surface area contributed by atoms with Crippen molar-refractivity contribution < 1.29 is 12.8 Å². The molecule has 2 aliphatic rings. The highest BCUT2D eigenvalue weighted by molar-refractivity contribution is 7.89. The fourth-order valence-corrected chi connectivity index (χ4v) is 4.89. The number of nitrogens with zero attached hydrogens (tertiary/aromatic N) is 1. The van der Waals surface area contributed by atoms with Crippen molar-refractivity contribution in [3.05, 3.63) is 29.0 Å². The Morgan fingerprint density at radius 3 is 2.40 bits per heavy atom. The molecule has 8 heteroatoms. The summed E-state index contributed by atoms with van der Waals surface area (Å²) in [6.45, 7) is 2.73. The first kappa shape index (κ1) is 16.0. The molecule has 112 valence electrons. The van der Waals surface area contributed by atoms with Crippen LogP contribution in [-0.4, -0.2) is 38.9 Å². The average molecular weight is 341 g/mol. The lowest BCUT2D eigenvalue weighted by molar-refractivity contribution is 0.448. The molecule has 0 amide bonds. The van der Waals surface area contributed by atoms with Crippen molar-refractivity contribution in [2.45, 2.75) is 4.90 Å². The van der Waals surface area contributed by atoms with Crippen LogP contribution in [0, 0.1) is 17.7 Å². The third-order valence-electron chi connectivity index (χ3n) is 3.87. The van der Waals surface area contributed by atoms with Crippen molar-refractivity contribution in [2.75, 3.05) is 26.2 Å². The second-order valence-corrected chi connectivity index (χ2v) is 7.39. The summed E-state index contributed by atoms with van der Waals surface area (Å²) in [7, 11) is -3.62. The number of nitrogens with one attached hydrogen (secondary N) is 1. The SMILES string of the molecule is Cl.O=S(=O)(c1ccc(F)cc1Cl)N1C[C@H]2CNC[C@H]2C1. The predicted molar refractivity (Wildman–Crippen MR) is 77.3 cm³/mol. The zero-order valence-corrected chi connectivity index (χ0v) is 12.9. The zero-order valence-electron chi connectivity index (χ0n) is 10.6. The van der Waals surface area contributed by atoms with Gasteiger partial charge in [0.2, 0.25) is 10.0 Å². The standard InChI is InChI=1S/C12H14ClFN2O2S.ClH/c13-11-3-10(14)1-2-12(11)19(17,18)16-6-8-4-15-5-9(8)7-16;/h1-3,8-9,15H,4-7H2;1H/t8-,9+;. The predicted octanol–water partition coefficient (Wildman–Crippen LogP) is 1.74. The monoisotopic (exact) mass is 340 g/mol. The second-order valence-electron chi connectivity index (χ2n) is 5.08. The number of hydrogen-bond acceptors (Lipinski definition) is 3. The molecular formula is C12H15Cl2FN2O2S. The molecule has 0 bridgehead atoms. The molecule has 0 spiro atoms. The third-order valence-corrected chi connectivity index (χ3v) is 6.18. The summed E-state index contributed by atoms with van der Waals surface area (Å²) in [5.74, 6) is 0.203. The van der Waals surface area contributed by atoms with Gasteiger partial charge in [-0.05, 0) is 43.1 Å². The first-order valence-corrected chi connectivity index (χ1v) is 7.96. The molecule has 2 fully saturated rings. The van der Waals surface area contributed by atoms with E-state index < -0.39 is 15.8 Å². The Bertz CT molecular complexity index is 599. The fourth-order valence-electron chi connectivity index (χ4n) is 2.83. The minimum atomic E-state index is -3.62. The molecule has 0 saturated carbocycles. The van der Waals surface area contributed by atoms with Gasteiger partial charge < -0.3 is 5.32 Å². The molecule has 0 aliphatic carbocycles. The smallest absolute Gasteiger partial charge is 0.244 e. The molecule has 1 aromatic rings. The molecule has 1 aromatic carbocycles. The van der Waals surface area contributed by atoms with Gasteiger partial charge in [-0.15, -0.1) is 12.4 Å². The van der Waals surface area contributed by atoms with Crippen LogP contribution in [-0.2, 0) is 10.0 Å². The lowest BCUT2D eigenvalue weighted by Gasteiger charge is -2.18. The van der Waals surface area contributed by atoms with E-state index in [1.54, 1.807) is 0 Å². The molecule has 2 heterocycles. The van der Waals surface area contributed by atoms with Crippen LogP contribution >= 0.6 is 24.0 Å². The molecule has 20 heavy (non-hydrogen) atoms. The van der Waals surface area contributed by atoms with Gasteiger partial charge in [0.1, 0.15) is 10.7 Å². The van der Waals surface area contributed by atoms with E-state index >= 15 is 0 Å². The average Bonchev–Trinajstić information content (AvgIpc) is 2.87. The Kier molecular flexibility index (Phi) is 4.61. The summed E-state index contributed by atoms with van der Waals surface area (Å²) in [5, 5.41) is 3.20. The van der Waals surface area contributed by atoms with Crippen molar-refractivity contribution >= 4 is 34.0 Å². The van der Waals surface area contributed by atoms with Crippen molar-refractivity contribution in [2.24, 2.45) is 11.8 Å². The molecule has 3 rings (SSSR count). The number of halogens is 3. The van der Waals surface area contributed by atoms with E-state index in [2.05, 4.69) is 5.32 Å². The fraction of sp³-hybridized carbons (Fsp3) is 0.500. The van der Waals surface area contributed by atoms with E-state index in [9.17, 15) is 12.8 Å². The second kappa shape index (κ2) is 5.77. The Labute approximate surface area is 128 Å². The lowest BCUT2D eigenvalue weighted by Crippen LogP contribution is -2.32. The maximum absolute atomic E-state index is 13.0. The van der Waals surface area contributed by atoms with Gasteiger partial charge >= 0.3 is 0 Å². The van der Waals surface area contributed by atoms with E-state index in [1.807, 2.05) is 0 Å². The van der Waals surface area contributed by atoms with Crippen LogP contribution in [0.3, 0.4) is 0 Å². The maximum Gasteiger partial charge on any atom is 0.244 e. The Morgan fingerprint density at radius 1 is 1.25 bits per heavy atom. The highest BCUT2D eigenvalue weighted by atomic mass is 35.5. The summed E-state index contributed by atoms with van der Waals surface area (Å²) in [6, 6.07) is 3.39. The Balaban J connectivity index is 0.00000147. The first-order chi connectivity index (χ1) is 8.98. The van der Waals surface area contributed by atoms with Crippen LogP contribution in [0.25, 0.3) is 0 Å². The first-order valence-electron chi connectivity index (χ1n) is 6.14. The number of benzene rings is 1. The minimum Gasteiger partial charge on any atom is -0.316 e. The van der Waals surface area contributed by atoms with E-state index in [-0.39, 0.29) is 22.3 Å². The summed E-state index contributed by atoms with van der Waals surface area (Å²) < 4.78 is 39.5. The number of rotatable bonds is 2. The number of fused-ring (bicyclic) bond motifs is 1. The quantitative estimate of drug-likeness (QED) is 0.892. The number of sulfonamides is 1. The molecular weight excluding hydrogens is 326 g/mol. The molecule has 1 N–H and O–H groups in total. The van der Waals surface area contributed by atoms with E-state index in [4.69, 9.17) is 11.6 Å². The Hall–Kier alpha value is -0.400. The van der Waals surface area contributed by atoms with Gasteiger partial charge in [-0.3, -0.25) is 0 Å². The van der Waals surface area contributed by atoms with Gasteiger partial charge in [0.05, 0.1) is 5.02 Å². The van der Waals surface area contributed by atoms with Crippen LogP contribution in [0.1, 0.15) is 0 Å². The van der Waals surface area contributed by atoms with Gasteiger partial charge in [-0.2, -0.15) is 4.31 Å². The molecule has 4 nitrogen and oxygen atoms in total. The lowest BCUT2D eigenvalue weighted by atomic mass is 10.0. The summed E-state index contributed by atoms with van der Waals surface area (Å²) >= 11 is 5.85. The highest BCUT2D eigenvalue weighted by Gasteiger charge is 2.41. The maximum atomic E-state index is 13.0. The van der Waals surface area contributed by atoms with Crippen molar-refractivity contribution in [1.29, 1.82) is 0 Å². The summed E-state index contributed by atoms with van der Waals surface area (Å²) in [5.41, 5.74) is 0. The highest BCUT2D eigenvalue weighted by Crippen LogP contribution is 2.33. The largest absolute Gasteiger partial charge is 0.316 e. The van der Waals surface area contributed by atoms with Gasteiger partial charge in [-0.1, -0.05) is 11.6 Å². The van der Waals surface area contributed by atoms with Gasteiger partial charge in [0, 0.05) is 13.1 Å². The molecule has 0 unspecified atom stereocenters. The molecule has 0 radical (unpaired) electrons. The van der Waals surface area contributed by atoms with E-state index in [0.717, 1.165) is 25.2 Å². The van der Waals surface area contributed by atoms with Crippen molar-refractivity contribution in [1.82, 2.24) is 9.62 Å². The molecule has 2 aliphatic heterocycles. The van der Waals surface area contributed by atoms with Crippen molar-refractivity contribution in [3.63, 3.8) is 0 Å². The summed E-state index contributed by atoms with van der Waals surface area (Å²) in [4.78, 5) is -0.0106. The van der Waals surface area contributed by atoms with E-state index in [0.29, 0.717) is 24.9 Å².